The number of hydrogen-bond donors (Lipinski definition) is 1. The number of allylic oxidation sites excluding steroid dienone is 1. The van der Waals surface area contributed by atoms with Crippen LogP contribution in [-0.4, -0.2) is 30.4 Å². The quantitative estimate of drug-likeness (QED) is 0.520. The highest BCUT2D eigenvalue weighted by atomic mass is 35.5. The molecule has 2 aromatic rings. The van der Waals surface area contributed by atoms with Gasteiger partial charge in [-0.25, -0.2) is 9.69 Å². The van der Waals surface area contributed by atoms with E-state index in [0.29, 0.717) is 16.3 Å². The van der Waals surface area contributed by atoms with Crippen molar-refractivity contribution in [2.75, 3.05) is 16.8 Å². The van der Waals surface area contributed by atoms with Gasteiger partial charge in [-0.05, 0) is 74.7 Å². The van der Waals surface area contributed by atoms with E-state index >= 15 is 0 Å². The number of rotatable bonds is 2. The first-order valence-corrected chi connectivity index (χ1v) is 10.6. The normalized spacial score (nSPS) is 19.1. The molecule has 2 aliphatic rings. The average molecular weight is 450 g/mol. The fourth-order valence-electron chi connectivity index (χ4n) is 4.11. The van der Waals surface area contributed by atoms with Crippen LogP contribution in [0.5, 0.6) is 0 Å². The van der Waals surface area contributed by atoms with Gasteiger partial charge < -0.3 is 4.90 Å². The third-order valence-corrected chi connectivity index (χ3v) is 6.32. The van der Waals surface area contributed by atoms with Crippen LogP contribution in [-0.2, 0) is 9.59 Å². The highest BCUT2D eigenvalue weighted by Crippen LogP contribution is 2.41. The van der Waals surface area contributed by atoms with Crippen LogP contribution in [0, 0.1) is 6.92 Å². The molecule has 0 spiro atoms. The van der Waals surface area contributed by atoms with E-state index in [-0.39, 0.29) is 11.1 Å². The number of likely N-dealkylation sites (N-methyl/N-ethyl adjacent to an activating group) is 1. The molecule has 32 heavy (non-hydrogen) atoms. The van der Waals surface area contributed by atoms with E-state index in [1.165, 1.54) is 6.08 Å². The van der Waals surface area contributed by atoms with Gasteiger partial charge in [0.2, 0.25) is 0 Å². The molecule has 1 N–H and O–H groups in total. The summed E-state index contributed by atoms with van der Waals surface area (Å²) in [6.45, 7) is 8.12. The first kappa shape index (κ1) is 21.8. The van der Waals surface area contributed by atoms with Crippen molar-refractivity contribution in [3.8, 4) is 0 Å². The predicted octanol–water partition coefficient (Wildman–Crippen LogP) is 4.95. The Morgan fingerprint density at radius 1 is 1.06 bits per heavy atom. The van der Waals surface area contributed by atoms with E-state index in [4.69, 9.17) is 11.6 Å². The summed E-state index contributed by atoms with van der Waals surface area (Å²) in [4.78, 5) is 41.3. The number of carbonyl (C=O) groups excluding carboxylic acids is 3. The maximum atomic E-state index is 13.2. The lowest BCUT2D eigenvalue weighted by Gasteiger charge is -2.40. The molecular formula is C25H24ClN3O3. The molecule has 4 amide bonds. The van der Waals surface area contributed by atoms with Gasteiger partial charge in [0, 0.05) is 23.3 Å². The zero-order valence-electron chi connectivity index (χ0n) is 18.6. The zero-order chi connectivity index (χ0) is 23.4. The Balaban J connectivity index is 1.80. The molecule has 0 aromatic heterocycles. The molecule has 1 fully saturated rings. The Morgan fingerprint density at radius 3 is 2.47 bits per heavy atom. The number of hydrogen-bond acceptors (Lipinski definition) is 4. The van der Waals surface area contributed by atoms with Gasteiger partial charge >= 0.3 is 6.03 Å². The second-order valence-electron chi connectivity index (χ2n) is 8.73. The van der Waals surface area contributed by atoms with Crippen molar-refractivity contribution in [3.63, 3.8) is 0 Å². The lowest BCUT2D eigenvalue weighted by atomic mass is 9.88. The molecule has 6 nitrogen and oxygen atoms in total. The molecule has 2 heterocycles. The van der Waals surface area contributed by atoms with Crippen molar-refractivity contribution < 1.29 is 14.4 Å². The summed E-state index contributed by atoms with van der Waals surface area (Å²) >= 11 is 6.57. The number of imide groups is 2. The van der Waals surface area contributed by atoms with Gasteiger partial charge in [-0.1, -0.05) is 29.8 Å². The fraction of sp³-hybridized carbons (Fsp3) is 0.240. The van der Waals surface area contributed by atoms with E-state index in [0.717, 1.165) is 27.3 Å². The van der Waals surface area contributed by atoms with Crippen LogP contribution in [0.15, 0.2) is 48.0 Å². The van der Waals surface area contributed by atoms with E-state index in [9.17, 15) is 14.4 Å². The summed E-state index contributed by atoms with van der Waals surface area (Å²) in [7, 11) is 2.00. The van der Waals surface area contributed by atoms with Gasteiger partial charge in [0.05, 0.1) is 11.2 Å². The Bertz CT molecular complexity index is 1240. The molecule has 4 rings (SSSR count). The van der Waals surface area contributed by atoms with E-state index in [1.807, 2.05) is 39.1 Å². The summed E-state index contributed by atoms with van der Waals surface area (Å²) in [6, 6.07) is 9.91. The van der Waals surface area contributed by atoms with E-state index in [1.54, 1.807) is 18.2 Å². The van der Waals surface area contributed by atoms with Crippen molar-refractivity contribution in [1.29, 1.82) is 0 Å². The van der Waals surface area contributed by atoms with E-state index < -0.39 is 17.8 Å². The van der Waals surface area contributed by atoms with Gasteiger partial charge in [0.25, 0.3) is 11.8 Å². The number of urea groups is 1. The van der Waals surface area contributed by atoms with Gasteiger partial charge in [-0.2, -0.15) is 0 Å². The summed E-state index contributed by atoms with van der Waals surface area (Å²) in [6.07, 6.45) is 3.61. The minimum Gasteiger partial charge on any atom is -0.365 e. The molecular weight excluding hydrogens is 426 g/mol. The largest absolute Gasteiger partial charge is 0.365 e. The molecule has 0 unspecified atom stereocenters. The third kappa shape index (κ3) is 3.60. The number of fused-ring (bicyclic) bond motifs is 1. The van der Waals surface area contributed by atoms with Crippen molar-refractivity contribution >= 4 is 52.5 Å². The lowest BCUT2D eigenvalue weighted by Crippen LogP contribution is -2.54. The van der Waals surface area contributed by atoms with Crippen LogP contribution in [0.2, 0.25) is 5.02 Å². The number of anilines is 2. The number of amides is 4. The standard InChI is InChI=1S/C25H24ClN3O3/c1-14-7-6-8-17(9-14)29-23(31)19(22(30)27-24(29)32)11-16-10-18-15(2)13-25(3,4)28(5)21(18)12-20(16)26/h6-13H,1-5H3,(H,27,30,32)/b19-11+. The molecule has 2 aromatic carbocycles. The molecule has 0 saturated carbocycles. The zero-order valence-corrected chi connectivity index (χ0v) is 19.4. The molecule has 7 heteroatoms. The number of benzene rings is 2. The first-order valence-electron chi connectivity index (χ1n) is 10.2. The lowest BCUT2D eigenvalue weighted by molar-refractivity contribution is -0.122. The summed E-state index contributed by atoms with van der Waals surface area (Å²) in [5.41, 5.74) is 4.51. The predicted molar refractivity (Wildman–Crippen MR) is 128 cm³/mol. The first-order chi connectivity index (χ1) is 15.0. The van der Waals surface area contributed by atoms with Crippen LogP contribution in [0.3, 0.4) is 0 Å². The maximum absolute atomic E-state index is 13.2. The fourth-order valence-corrected chi connectivity index (χ4v) is 4.33. The van der Waals surface area contributed by atoms with E-state index in [2.05, 4.69) is 30.1 Å². The van der Waals surface area contributed by atoms with Gasteiger partial charge in [-0.15, -0.1) is 0 Å². The van der Waals surface area contributed by atoms with Crippen LogP contribution in [0.25, 0.3) is 11.6 Å². The number of barbiturate groups is 1. The monoisotopic (exact) mass is 449 g/mol. The average Bonchev–Trinajstić information content (AvgIpc) is 2.69. The van der Waals surface area contributed by atoms with Crippen LogP contribution in [0.1, 0.15) is 37.5 Å². The van der Waals surface area contributed by atoms with Gasteiger partial charge in [-0.3, -0.25) is 14.9 Å². The molecule has 2 aliphatic heterocycles. The number of halogens is 1. The van der Waals surface area contributed by atoms with Crippen LogP contribution in [0.4, 0.5) is 16.2 Å². The maximum Gasteiger partial charge on any atom is 0.335 e. The molecule has 0 aliphatic carbocycles. The number of nitrogens with one attached hydrogen (secondary N) is 1. The SMILES string of the molecule is CC1=CC(C)(C)N(C)c2cc(Cl)c(/C=C3\C(=O)NC(=O)N(c4cccc(C)c4)C3=O)cc21. The summed E-state index contributed by atoms with van der Waals surface area (Å²) < 4.78 is 0. The highest BCUT2D eigenvalue weighted by molar-refractivity contribution is 6.40. The van der Waals surface area contributed by atoms with Crippen molar-refractivity contribution in [1.82, 2.24) is 5.32 Å². The van der Waals surface area contributed by atoms with Crippen molar-refractivity contribution in [2.24, 2.45) is 0 Å². The number of nitrogens with zero attached hydrogens (tertiary/aromatic N) is 2. The molecule has 1 saturated heterocycles. The number of carbonyl (C=O) groups is 3. The van der Waals surface area contributed by atoms with Crippen LogP contribution >= 0.6 is 11.6 Å². The minimum absolute atomic E-state index is 0.154. The Labute approximate surface area is 192 Å². The Morgan fingerprint density at radius 2 is 1.78 bits per heavy atom. The topological polar surface area (TPSA) is 69.7 Å². The van der Waals surface area contributed by atoms with Crippen LogP contribution < -0.4 is 15.1 Å². The second kappa shape index (κ2) is 7.64. The van der Waals surface area contributed by atoms with Gasteiger partial charge in [0.1, 0.15) is 5.57 Å². The third-order valence-electron chi connectivity index (χ3n) is 6.00. The summed E-state index contributed by atoms with van der Waals surface area (Å²) in [5, 5.41) is 2.66. The Kier molecular flexibility index (Phi) is 5.21. The molecule has 164 valence electrons. The smallest absolute Gasteiger partial charge is 0.335 e. The van der Waals surface area contributed by atoms with Crippen molar-refractivity contribution in [2.45, 2.75) is 33.2 Å². The highest BCUT2D eigenvalue weighted by Gasteiger charge is 2.37. The second-order valence-corrected chi connectivity index (χ2v) is 9.13. The molecule has 0 bridgehead atoms. The summed E-state index contributed by atoms with van der Waals surface area (Å²) in [5.74, 6) is -1.44. The van der Waals surface area contributed by atoms with Crippen molar-refractivity contribution in [3.05, 3.63) is 69.8 Å². The number of aryl methyl sites for hydroxylation is 1. The van der Waals surface area contributed by atoms with Gasteiger partial charge in [0.15, 0.2) is 0 Å². The Hall–Kier alpha value is -3.38. The minimum atomic E-state index is -0.776. The molecule has 0 radical (unpaired) electrons. The molecule has 0 atom stereocenters.